The topological polar surface area (TPSA) is 85.6 Å². The Kier molecular flexibility index (Phi) is 6.51. The summed E-state index contributed by atoms with van der Waals surface area (Å²) in [7, 11) is 3.05. The van der Waals surface area contributed by atoms with Gasteiger partial charge in [0.15, 0.2) is 22.2 Å². The van der Waals surface area contributed by atoms with Crippen molar-refractivity contribution in [3.63, 3.8) is 0 Å². The van der Waals surface area contributed by atoms with Gasteiger partial charge < -0.3 is 19.2 Å². The Morgan fingerprint density at radius 2 is 1.65 bits per heavy atom. The standard InChI is InChI=1S/C26H25N3O4S/c1-14-6-7-18(25-27-20-10-15(2)16(3)11-22(20)33-25)12-19(14)28-26(34)29-24(30)17-8-9-21(31-4)23(13-17)32-5/h6-13H,1-5H3,(H2,28,29,30,34). The zero-order valence-electron chi connectivity index (χ0n) is 19.6. The molecule has 2 N–H and O–H groups in total. The third kappa shape index (κ3) is 4.72. The summed E-state index contributed by atoms with van der Waals surface area (Å²) in [4.78, 5) is 17.3. The van der Waals surface area contributed by atoms with Crippen LogP contribution >= 0.6 is 12.2 Å². The van der Waals surface area contributed by atoms with E-state index in [1.807, 2.05) is 51.1 Å². The van der Waals surface area contributed by atoms with E-state index in [0.717, 1.165) is 39.0 Å². The van der Waals surface area contributed by atoms with Gasteiger partial charge in [-0.25, -0.2) is 4.98 Å². The molecule has 0 atom stereocenters. The SMILES string of the molecule is COc1ccc(C(=O)NC(=S)Nc2cc(-c3nc4cc(C)c(C)cc4o3)ccc2C)cc1OC. The zero-order valence-corrected chi connectivity index (χ0v) is 20.4. The average Bonchev–Trinajstić information content (AvgIpc) is 3.22. The number of nitrogens with one attached hydrogen (secondary N) is 2. The Bertz CT molecular complexity index is 1370. The predicted octanol–water partition coefficient (Wildman–Crippen LogP) is 5.56. The van der Waals surface area contributed by atoms with Gasteiger partial charge in [-0.1, -0.05) is 6.07 Å². The smallest absolute Gasteiger partial charge is 0.257 e. The highest BCUT2D eigenvalue weighted by Crippen LogP contribution is 2.30. The molecule has 34 heavy (non-hydrogen) atoms. The number of oxazole rings is 1. The monoisotopic (exact) mass is 475 g/mol. The molecule has 0 bridgehead atoms. The van der Waals surface area contributed by atoms with Crippen LogP contribution in [0.1, 0.15) is 27.0 Å². The number of aryl methyl sites for hydroxylation is 3. The molecule has 0 unspecified atom stereocenters. The number of carbonyl (C=O) groups excluding carboxylic acids is 1. The Morgan fingerprint density at radius 1 is 0.912 bits per heavy atom. The molecule has 0 fully saturated rings. The van der Waals surface area contributed by atoms with E-state index in [0.29, 0.717) is 23.0 Å². The molecule has 0 radical (unpaired) electrons. The molecule has 0 aliphatic heterocycles. The molecule has 7 nitrogen and oxygen atoms in total. The fourth-order valence-corrected chi connectivity index (χ4v) is 3.70. The normalized spacial score (nSPS) is 10.7. The molecule has 1 aromatic heterocycles. The van der Waals surface area contributed by atoms with Crippen LogP contribution in [0.3, 0.4) is 0 Å². The predicted molar refractivity (Wildman–Crippen MR) is 137 cm³/mol. The molecular weight excluding hydrogens is 450 g/mol. The summed E-state index contributed by atoms with van der Waals surface area (Å²) in [6.45, 7) is 6.04. The molecule has 8 heteroatoms. The van der Waals surface area contributed by atoms with Crippen LogP contribution in [0.5, 0.6) is 11.5 Å². The second kappa shape index (κ2) is 9.52. The van der Waals surface area contributed by atoms with Crippen molar-refractivity contribution < 1.29 is 18.7 Å². The summed E-state index contributed by atoms with van der Waals surface area (Å²) in [5, 5.41) is 5.97. The van der Waals surface area contributed by atoms with Gasteiger partial charge in [-0.3, -0.25) is 10.1 Å². The quantitative estimate of drug-likeness (QED) is 0.365. The van der Waals surface area contributed by atoms with Crippen molar-refractivity contribution in [1.29, 1.82) is 0 Å². The number of aromatic nitrogens is 1. The molecule has 174 valence electrons. The van der Waals surface area contributed by atoms with E-state index >= 15 is 0 Å². The fraction of sp³-hybridized carbons (Fsp3) is 0.192. The van der Waals surface area contributed by atoms with Crippen LogP contribution in [0.4, 0.5) is 5.69 Å². The lowest BCUT2D eigenvalue weighted by Crippen LogP contribution is -2.34. The molecular formula is C26H25N3O4S. The van der Waals surface area contributed by atoms with E-state index in [2.05, 4.69) is 15.6 Å². The van der Waals surface area contributed by atoms with Crippen LogP contribution in [0, 0.1) is 20.8 Å². The Balaban J connectivity index is 1.52. The van der Waals surface area contributed by atoms with Crippen LogP contribution in [0.15, 0.2) is 52.9 Å². The lowest BCUT2D eigenvalue weighted by atomic mass is 10.1. The lowest BCUT2D eigenvalue weighted by molar-refractivity contribution is 0.0977. The van der Waals surface area contributed by atoms with Crippen molar-refractivity contribution in [3.05, 3.63) is 70.8 Å². The molecule has 0 saturated carbocycles. The number of carbonyl (C=O) groups is 1. The van der Waals surface area contributed by atoms with E-state index in [-0.39, 0.29) is 11.0 Å². The van der Waals surface area contributed by atoms with Crippen molar-refractivity contribution in [2.75, 3.05) is 19.5 Å². The van der Waals surface area contributed by atoms with Crippen molar-refractivity contribution in [1.82, 2.24) is 10.3 Å². The highest BCUT2D eigenvalue weighted by molar-refractivity contribution is 7.80. The number of hydrogen-bond acceptors (Lipinski definition) is 6. The largest absolute Gasteiger partial charge is 0.493 e. The molecule has 0 aliphatic carbocycles. The second-order valence-electron chi connectivity index (χ2n) is 7.93. The van der Waals surface area contributed by atoms with Gasteiger partial charge in [-0.05, 0) is 92.1 Å². The number of thiocarbonyl (C=S) groups is 1. The number of hydrogen-bond donors (Lipinski definition) is 2. The molecule has 4 aromatic rings. The Hall–Kier alpha value is -3.91. The van der Waals surface area contributed by atoms with Gasteiger partial charge >= 0.3 is 0 Å². The van der Waals surface area contributed by atoms with E-state index < -0.39 is 0 Å². The van der Waals surface area contributed by atoms with Crippen LogP contribution in [0.25, 0.3) is 22.6 Å². The molecule has 3 aromatic carbocycles. The highest BCUT2D eigenvalue weighted by atomic mass is 32.1. The van der Waals surface area contributed by atoms with Gasteiger partial charge in [-0.2, -0.15) is 0 Å². The Morgan fingerprint density at radius 3 is 2.38 bits per heavy atom. The average molecular weight is 476 g/mol. The van der Waals surface area contributed by atoms with E-state index in [1.165, 1.54) is 14.2 Å². The van der Waals surface area contributed by atoms with Crippen molar-refractivity contribution in [2.45, 2.75) is 20.8 Å². The van der Waals surface area contributed by atoms with Crippen molar-refractivity contribution in [2.24, 2.45) is 0 Å². The molecule has 0 spiro atoms. The summed E-state index contributed by atoms with van der Waals surface area (Å²) in [6.07, 6.45) is 0. The lowest BCUT2D eigenvalue weighted by Gasteiger charge is -2.13. The third-order valence-corrected chi connectivity index (χ3v) is 5.81. The maximum absolute atomic E-state index is 12.7. The first-order valence-electron chi connectivity index (χ1n) is 10.6. The highest BCUT2D eigenvalue weighted by Gasteiger charge is 2.14. The van der Waals surface area contributed by atoms with E-state index in [4.69, 9.17) is 26.1 Å². The third-order valence-electron chi connectivity index (χ3n) is 5.61. The van der Waals surface area contributed by atoms with Crippen LogP contribution in [-0.4, -0.2) is 30.2 Å². The number of ether oxygens (including phenoxy) is 2. The summed E-state index contributed by atoms with van der Waals surface area (Å²) < 4.78 is 16.5. The second-order valence-corrected chi connectivity index (χ2v) is 8.34. The zero-order chi connectivity index (χ0) is 24.4. The first kappa shape index (κ1) is 23.3. The maximum Gasteiger partial charge on any atom is 0.257 e. The molecule has 0 aliphatic rings. The van der Waals surface area contributed by atoms with E-state index in [1.54, 1.807) is 18.2 Å². The number of anilines is 1. The molecule has 0 saturated heterocycles. The van der Waals surface area contributed by atoms with Gasteiger partial charge in [0.1, 0.15) is 5.52 Å². The fourth-order valence-electron chi connectivity index (χ4n) is 3.50. The van der Waals surface area contributed by atoms with Crippen molar-refractivity contribution >= 4 is 40.0 Å². The minimum Gasteiger partial charge on any atom is -0.493 e. The molecule has 1 amide bonds. The number of benzene rings is 3. The number of nitrogens with zero attached hydrogens (tertiary/aromatic N) is 1. The number of fused-ring (bicyclic) bond motifs is 1. The minimum atomic E-state index is -0.364. The number of amides is 1. The molecule has 4 rings (SSSR count). The van der Waals surface area contributed by atoms with Crippen LogP contribution < -0.4 is 20.1 Å². The summed E-state index contributed by atoms with van der Waals surface area (Å²) >= 11 is 5.38. The van der Waals surface area contributed by atoms with Gasteiger partial charge in [-0.15, -0.1) is 0 Å². The van der Waals surface area contributed by atoms with Gasteiger partial charge in [0, 0.05) is 16.8 Å². The summed E-state index contributed by atoms with van der Waals surface area (Å²) in [5.41, 5.74) is 6.75. The number of methoxy groups -OCH3 is 2. The van der Waals surface area contributed by atoms with Crippen molar-refractivity contribution in [3.8, 4) is 23.0 Å². The maximum atomic E-state index is 12.7. The summed E-state index contributed by atoms with van der Waals surface area (Å²) in [6, 6.07) is 14.7. The number of rotatable bonds is 5. The first-order chi connectivity index (χ1) is 16.3. The first-order valence-corrected chi connectivity index (χ1v) is 11.0. The van der Waals surface area contributed by atoms with Gasteiger partial charge in [0.2, 0.25) is 5.89 Å². The van der Waals surface area contributed by atoms with Crippen LogP contribution in [0.2, 0.25) is 0 Å². The van der Waals surface area contributed by atoms with E-state index in [9.17, 15) is 4.79 Å². The summed E-state index contributed by atoms with van der Waals surface area (Å²) in [5.74, 6) is 1.15. The minimum absolute atomic E-state index is 0.170. The molecule has 1 heterocycles. The van der Waals surface area contributed by atoms with Gasteiger partial charge in [0.05, 0.1) is 14.2 Å². The Labute approximate surface area is 203 Å². The van der Waals surface area contributed by atoms with Gasteiger partial charge in [0.25, 0.3) is 5.91 Å². The van der Waals surface area contributed by atoms with Crippen LogP contribution in [-0.2, 0) is 0 Å².